The van der Waals surface area contributed by atoms with Crippen molar-refractivity contribution in [3.63, 3.8) is 0 Å². The maximum Gasteiger partial charge on any atom is 0.341 e. The lowest BCUT2D eigenvalue weighted by atomic mass is 10.2. The summed E-state index contributed by atoms with van der Waals surface area (Å²) in [4.78, 5) is 15.5. The topological polar surface area (TPSA) is 91.7 Å². The van der Waals surface area contributed by atoms with Gasteiger partial charge in [-0.25, -0.2) is 9.78 Å². The summed E-state index contributed by atoms with van der Waals surface area (Å²) in [6.45, 7) is 1.76. The van der Waals surface area contributed by atoms with E-state index in [9.17, 15) is 9.90 Å². The average molecular weight is 240 g/mol. The molecule has 1 heterocycles. The first-order chi connectivity index (χ1) is 8.19. The van der Waals surface area contributed by atoms with E-state index in [1.54, 1.807) is 19.1 Å². The minimum atomic E-state index is -0.896. The fourth-order valence-corrected chi connectivity index (χ4v) is 1.20. The van der Waals surface area contributed by atoms with Gasteiger partial charge in [-0.05, 0) is 19.1 Å². The Morgan fingerprint density at radius 1 is 1.65 bits per heavy atom. The summed E-state index contributed by atoms with van der Waals surface area (Å²) in [5, 5.41) is 20.7. The third-order valence-electron chi connectivity index (χ3n) is 2.02. The number of esters is 1. The van der Waals surface area contributed by atoms with Crippen molar-refractivity contribution < 1.29 is 19.7 Å². The number of aromatic nitrogens is 1. The fourth-order valence-electron chi connectivity index (χ4n) is 1.20. The zero-order chi connectivity index (χ0) is 12.7. The van der Waals surface area contributed by atoms with Crippen LogP contribution in [0.25, 0.3) is 0 Å². The third-order valence-corrected chi connectivity index (χ3v) is 2.02. The number of hydrogen-bond donors (Lipinski definition) is 3. The molecule has 1 rings (SSSR count). The maximum atomic E-state index is 11.6. The van der Waals surface area contributed by atoms with Gasteiger partial charge in [0.05, 0.1) is 19.3 Å². The molecule has 0 bridgehead atoms. The van der Waals surface area contributed by atoms with E-state index in [4.69, 9.17) is 9.84 Å². The summed E-state index contributed by atoms with van der Waals surface area (Å²) in [7, 11) is 0. The van der Waals surface area contributed by atoms with Crippen molar-refractivity contribution in [3.05, 3.63) is 23.9 Å². The van der Waals surface area contributed by atoms with Crippen LogP contribution in [0.1, 0.15) is 17.3 Å². The van der Waals surface area contributed by atoms with Crippen LogP contribution in [0.5, 0.6) is 0 Å². The van der Waals surface area contributed by atoms with Gasteiger partial charge < -0.3 is 20.3 Å². The van der Waals surface area contributed by atoms with Gasteiger partial charge in [0.15, 0.2) is 0 Å². The number of pyridine rings is 1. The predicted octanol–water partition coefficient (Wildman–Crippen LogP) is 0.0234. The van der Waals surface area contributed by atoms with E-state index in [2.05, 4.69) is 10.3 Å². The Morgan fingerprint density at radius 2 is 2.41 bits per heavy atom. The highest BCUT2D eigenvalue weighted by Crippen LogP contribution is 2.12. The molecule has 6 heteroatoms. The lowest BCUT2D eigenvalue weighted by molar-refractivity contribution is 0.0527. The molecule has 1 atom stereocenters. The van der Waals surface area contributed by atoms with Crippen molar-refractivity contribution in [1.82, 2.24) is 4.98 Å². The summed E-state index contributed by atoms with van der Waals surface area (Å²) in [6, 6.07) is 3.21. The molecule has 3 N–H and O–H groups in total. The van der Waals surface area contributed by atoms with Crippen LogP contribution in [0.4, 0.5) is 5.82 Å². The van der Waals surface area contributed by atoms with Crippen LogP contribution in [-0.4, -0.2) is 47.0 Å². The second-order valence-electron chi connectivity index (χ2n) is 3.34. The number of ether oxygens (including phenoxy) is 1. The Kier molecular flexibility index (Phi) is 5.38. The van der Waals surface area contributed by atoms with Gasteiger partial charge in [-0.2, -0.15) is 0 Å². The van der Waals surface area contributed by atoms with Crippen molar-refractivity contribution in [2.24, 2.45) is 0 Å². The number of aliphatic hydroxyl groups excluding tert-OH is 2. The number of nitrogens with zero attached hydrogens (tertiary/aromatic N) is 1. The molecule has 0 radical (unpaired) electrons. The van der Waals surface area contributed by atoms with Crippen LogP contribution in [0.15, 0.2) is 18.3 Å². The number of nitrogens with one attached hydrogen (secondary N) is 1. The highest BCUT2D eigenvalue weighted by molar-refractivity contribution is 5.94. The molecule has 6 nitrogen and oxygen atoms in total. The molecular weight excluding hydrogens is 224 g/mol. The Balaban J connectivity index is 2.74. The first-order valence-corrected chi connectivity index (χ1v) is 5.34. The van der Waals surface area contributed by atoms with E-state index in [0.717, 1.165) is 0 Å². The van der Waals surface area contributed by atoms with Crippen molar-refractivity contribution >= 4 is 11.8 Å². The Morgan fingerprint density at radius 3 is 3.06 bits per heavy atom. The van der Waals surface area contributed by atoms with Gasteiger partial charge in [0.1, 0.15) is 11.4 Å². The predicted molar refractivity (Wildman–Crippen MR) is 61.8 cm³/mol. The van der Waals surface area contributed by atoms with E-state index in [-0.39, 0.29) is 19.8 Å². The summed E-state index contributed by atoms with van der Waals surface area (Å²) in [5.74, 6) is -0.139. The number of carbonyl (C=O) groups is 1. The molecule has 1 aromatic heterocycles. The Bertz CT molecular complexity index is 370. The lowest BCUT2D eigenvalue weighted by Gasteiger charge is -2.12. The first kappa shape index (κ1) is 13.4. The second-order valence-corrected chi connectivity index (χ2v) is 3.34. The zero-order valence-electron chi connectivity index (χ0n) is 9.59. The van der Waals surface area contributed by atoms with Gasteiger partial charge in [0.25, 0.3) is 0 Å². The van der Waals surface area contributed by atoms with Crippen molar-refractivity contribution in [3.8, 4) is 0 Å². The van der Waals surface area contributed by atoms with Crippen LogP contribution < -0.4 is 5.32 Å². The molecule has 94 valence electrons. The molecule has 0 aliphatic heterocycles. The Labute approximate surface area is 99.3 Å². The Hall–Kier alpha value is -1.66. The van der Waals surface area contributed by atoms with E-state index in [1.807, 2.05) is 0 Å². The summed E-state index contributed by atoms with van der Waals surface area (Å²) in [5.41, 5.74) is 0.305. The van der Waals surface area contributed by atoms with Crippen LogP contribution in [-0.2, 0) is 4.74 Å². The fraction of sp³-hybridized carbons (Fsp3) is 0.455. The molecule has 0 fully saturated rings. The minimum absolute atomic E-state index is 0.111. The van der Waals surface area contributed by atoms with Crippen molar-refractivity contribution in [1.29, 1.82) is 0 Å². The smallest absolute Gasteiger partial charge is 0.341 e. The van der Waals surface area contributed by atoms with E-state index in [1.165, 1.54) is 6.20 Å². The minimum Gasteiger partial charge on any atom is -0.462 e. The molecular formula is C11H16N2O4. The average Bonchev–Trinajstić information content (AvgIpc) is 2.36. The monoisotopic (exact) mass is 240 g/mol. The van der Waals surface area contributed by atoms with Crippen LogP contribution in [0, 0.1) is 0 Å². The number of rotatable bonds is 6. The van der Waals surface area contributed by atoms with Gasteiger partial charge in [-0.3, -0.25) is 0 Å². The number of anilines is 1. The highest BCUT2D eigenvalue weighted by Gasteiger charge is 2.13. The molecule has 0 aliphatic rings. The highest BCUT2D eigenvalue weighted by atomic mass is 16.5. The van der Waals surface area contributed by atoms with Crippen LogP contribution in [0.3, 0.4) is 0 Å². The molecule has 0 aromatic carbocycles. The molecule has 0 amide bonds. The quantitative estimate of drug-likeness (QED) is 0.607. The normalized spacial score (nSPS) is 11.9. The lowest BCUT2D eigenvalue weighted by Crippen LogP contribution is -2.24. The molecule has 0 spiro atoms. The SMILES string of the molecule is CCOC(=O)c1cccnc1NCC(O)CO. The summed E-state index contributed by atoms with van der Waals surface area (Å²) in [6.07, 6.45) is 0.628. The van der Waals surface area contributed by atoms with Gasteiger partial charge in [-0.1, -0.05) is 0 Å². The molecule has 0 aliphatic carbocycles. The van der Waals surface area contributed by atoms with Crippen LogP contribution >= 0.6 is 0 Å². The summed E-state index contributed by atoms with van der Waals surface area (Å²) >= 11 is 0. The third kappa shape index (κ3) is 4.01. The van der Waals surface area contributed by atoms with Gasteiger partial charge in [0.2, 0.25) is 0 Å². The van der Waals surface area contributed by atoms with Crippen LogP contribution in [0.2, 0.25) is 0 Å². The molecule has 17 heavy (non-hydrogen) atoms. The van der Waals surface area contributed by atoms with Gasteiger partial charge >= 0.3 is 5.97 Å². The van der Waals surface area contributed by atoms with E-state index < -0.39 is 12.1 Å². The summed E-state index contributed by atoms with van der Waals surface area (Å²) < 4.78 is 4.87. The number of carbonyl (C=O) groups excluding carboxylic acids is 1. The van der Waals surface area contributed by atoms with Gasteiger partial charge in [-0.15, -0.1) is 0 Å². The molecule has 1 aromatic rings. The standard InChI is InChI=1S/C11H16N2O4/c1-2-17-11(16)9-4-3-5-12-10(9)13-6-8(15)7-14/h3-5,8,14-15H,2,6-7H2,1H3,(H,12,13). The maximum absolute atomic E-state index is 11.6. The first-order valence-electron chi connectivity index (χ1n) is 5.34. The molecule has 0 saturated carbocycles. The largest absolute Gasteiger partial charge is 0.462 e. The zero-order valence-corrected chi connectivity index (χ0v) is 9.59. The van der Waals surface area contributed by atoms with Crippen molar-refractivity contribution in [2.45, 2.75) is 13.0 Å². The number of aliphatic hydroxyl groups is 2. The van der Waals surface area contributed by atoms with Gasteiger partial charge in [0, 0.05) is 12.7 Å². The second kappa shape index (κ2) is 6.82. The molecule has 1 unspecified atom stereocenters. The van der Waals surface area contributed by atoms with Crippen molar-refractivity contribution in [2.75, 3.05) is 25.1 Å². The van der Waals surface area contributed by atoms with E-state index in [0.29, 0.717) is 11.4 Å². The number of hydrogen-bond acceptors (Lipinski definition) is 6. The molecule has 0 saturated heterocycles. The van der Waals surface area contributed by atoms with E-state index >= 15 is 0 Å².